The van der Waals surface area contributed by atoms with Crippen molar-refractivity contribution in [3.63, 3.8) is 0 Å². The van der Waals surface area contributed by atoms with Crippen LogP contribution in [0.2, 0.25) is 0 Å². The van der Waals surface area contributed by atoms with Gasteiger partial charge in [0.15, 0.2) is 0 Å². The Kier molecular flexibility index (Phi) is 4.19. The van der Waals surface area contributed by atoms with Gasteiger partial charge < -0.3 is 20.7 Å². The predicted molar refractivity (Wildman–Crippen MR) is 65.7 cm³/mol. The zero-order chi connectivity index (χ0) is 13.1. The third-order valence-electron chi connectivity index (χ3n) is 3.87. The van der Waals surface area contributed by atoms with Gasteiger partial charge in [-0.15, -0.1) is 0 Å². The highest BCUT2D eigenvalue weighted by Crippen LogP contribution is 2.21. The lowest BCUT2D eigenvalue weighted by molar-refractivity contribution is -0.139. The van der Waals surface area contributed by atoms with Crippen molar-refractivity contribution < 1.29 is 14.3 Å². The van der Waals surface area contributed by atoms with Crippen molar-refractivity contribution >= 4 is 11.8 Å². The lowest BCUT2D eigenvalue weighted by Crippen LogP contribution is -2.48. The highest BCUT2D eigenvalue weighted by molar-refractivity contribution is 5.81. The molecule has 2 aliphatic heterocycles. The van der Waals surface area contributed by atoms with E-state index >= 15 is 0 Å². The lowest BCUT2D eigenvalue weighted by atomic mass is 9.94. The van der Waals surface area contributed by atoms with Crippen molar-refractivity contribution in [1.82, 2.24) is 10.2 Å². The van der Waals surface area contributed by atoms with Crippen LogP contribution in [-0.2, 0) is 14.3 Å². The average molecular weight is 255 g/mol. The first-order valence-electron chi connectivity index (χ1n) is 6.47. The minimum Gasteiger partial charge on any atom is -0.379 e. The first kappa shape index (κ1) is 13.3. The van der Waals surface area contributed by atoms with Gasteiger partial charge in [-0.2, -0.15) is 0 Å². The molecular weight excluding hydrogens is 234 g/mol. The van der Waals surface area contributed by atoms with Gasteiger partial charge in [-0.25, -0.2) is 0 Å². The Bertz CT molecular complexity index is 327. The maximum Gasteiger partial charge on any atom is 0.229 e. The summed E-state index contributed by atoms with van der Waals surface area (Å²) in [7, 11) is 1.65. The summed E-state index contributed by atoms with van der Waals surface area (Å²) in [5.74, 6) is -0.0209. The second-order valence-electron chi connectivity index (χ2n) is 5.02. The van der Waals surface area contributed by atoms with Crippen molar-refractivity contribution in [2.24, 2.45) is 17.6 Å². The van der Waals surface area contributed by atoms with Gasteiger partial charge in [0.1, 0.15) is 0 Å². The van der Waals surface area contributed by atoms with E-state index in [1.54, 1.807) is 7.05 Å². The van der Waals surface area contributed by atoms with Crippen molar-refractivity contribution in [3.05, 3.63) is 0 Å². The molecule has 2 aliphatic rings. The number of nitrogens with zero attached hydrogens (tertiary/aromatic N) is 1. The highest BCUT2D eigenvalue weighted by atomic mass is 16.5. The molecular formula is C12H21N3O3. The van der Waals surface area contributed by atoms with E-state index in [9.17, 15) is 9.59 Å². The monoisotopic (exact) mass is 255 g/mol. The standard InChI is InChI=1S/C12H21N3O3/c1-14-11(16)8-2-4-15(5-3-8)12(17)9-6-18-7-10(9)13/h8-10H,2-7,13H2,1H3,(H,14,16). The molecule has 102 valence electrons. The molecule has 0 spiro atoms. The number of carbonyl (C=O) groups excluding carboxylic acids is 2. The molecule has 6 heteroatoms. The van der Waals surface area contributed by atoms with Crippen LogP contribution in [0, 0.1) is 11.8 Å². The fourth-order valence-corrected chi connectivity index (χ4v) is 2.63. The number of hydrogen-bond acceptors (Lipinski definition) is 4. The van der Waals surface area contributed by atoms with E-state index in [1.807, 2.05) is 4.90 Å². The molecule has 0 aromatic carbocycles. The second-order valence-corrected chi connectivity index (χ2v) is 5.02. The molecule has 0 aromatic heterocycles. The summed E-state index contributed by atoms with van der Waals surface area (Å²) in [4.78, 5) is 25.5. The first-order valence-corrected chi connectivity index (χ1v) is 6.47. The Morgan fingerprint density at radius 1 is 1.28 bits per heavy atom. The lowest BCUT2D eigenvalue weighted by Gasteiger charge is -2.33. The summed E-state index contributed by atoms with van der Waals surface area (Å²) < 4.78 is 5.22. The van der Waals surface area contributed by atoms with Crippen molar-refractivity contribution in [3.8, 4) is 0 Å². The molecule has 0 saturated carbocycles. The topological polar surface area (TPSA) is 84.7 Å². The van der Waals surface area contributed by atoms with Crippen LogP contribution in [0.25, 0.3) is 0 Å². The molecule has 2 unspecified atom stereocenters. The second kappa shape index (κ2) is 5.67. The molecule has 2 fully saturated rings. The molecule has 0 radical (unpaired) electrons. The van der Waals surface area contributed by atoms with E-state index in [2.05, 4.69) is 5.32 Å². The van der Waals surface area contributed by atoms with Crippen molar-refractivity contribution in [2.75, 3.05) is 33.4 Å². The van der Waals surface area contributed by atoms with E-state index in [-0.39, 0.29) is 29.7 Å². The molecule has 3 N–H and O–H groups in total. The van der Waals surface area contributed by atoms with E-state index in [4.69, 9.17) is 10.5 Å². The average Bonchev–Trinajstić information content (AvgIpc) is 2.83. The Morgan fingerprint density at radius 3 is 2.44 bits per heavy atom. The molecule has 0 aromatic rings. The van der Waals surface area contributed by atoms with Crippen molar-refractivity contribution in [1.29, 1.82) is 0 Å². The number of likely N-dealkylation sites (tertiary alicyclic amines) is 1. The summed E-state index contributed by atoms with van der Waals surface area (Å²) >= 11 is 0. The maximum absolute atomic E-state index is 12.2. The molecule has 0 aliphatic carbocycles. The highest BCUT2D eigenvalue weighted by Gasteiger charge is 2.36. The number of hydrogen-bond donors (Lipinski definition) is 2. The smallest absolute Gasteiger partial charge is 0.229 e. The van der Waals surface area contributed by atoms with Crippen LogP contribution in [0.3, 0.4) is 0 Å². The van der Waals surface area contributed by atoms with Gasteiger partial charge in [-0.3, -0.25) is 9.59 Å². The molecule has 18 heavy (non-hydrogen) atoms. The summed E-state index contributed by atoms with van der Waals surface area (Å²) in [5, 5.41) is 2.66. The van der Waals surface area contributed by atoms with Crippen LogP contribution in [0.15, 0.2) is 0 Å². The quantitative estimate of drug-likeness (QED) is 0.659. The summed E-state index contributed by atoms with van der Waals surface area (Å²) in [6.45, 7) is 2.17. The molecule has 2 heterocycles. The van der Waals surface area contributed by atoms with E-state index in [0.29, 0.717) is 26.3 Å². The van der Waals surface area contributed by atoms with Gasteiger partial charge in [0, 0.05) is 32.1 Å². The fraction of sp³-hybridized carbons (Fsp3) is 0.833. The Labute approximate surface area is 107 Å². The first-order chi connectivity index (χ1) is 8.63. The molecule has 6 nitrogen and oxygen atoms in total. The molecule has 2 atom stereocenters. The zero-order valence-electron chi connectivity index (χ0n) is 10.7. The van der Waals surface area contributed by atoms with Crippen LogP contribution in [-0.4, -0.2) is 56.1 Å². The number of nitrogens with two attached hydrogens (primary N) is 1. The van der Waals surface area contributed by atoms with E-state index in [0.717, 1.165) is 12.8 Å². The third-order valence-corrected chi connectivity index (χ3v) is 3.87. The fourth-order valence-electron chi connectivity index (χ4n) is 2.63. The van der Waals surface area contributed by atoms with Gasteiger partial charge >= 0.3 is 0 Å². The number of nitrogens with one attached hydrogen (secondary N) is 1. The summed E-state index contributed by atoms with van der Waals surface area (Å²) in [5.41, 5.74) is 5.85. The Morgan fingerprint density at radius 2 is 1.94 bits per heavy atom. The predicted octanol–water partition coefficient (Wildman–Crippen LogP) is -1.06. The van der Waals surface area contributed by atoms with E-state index < -0.39 is 0 Å². The Balaban J connectivity index is 1.86. The number of piperidine rings is 1. The van der Waals surface area contributed by atoms with Gasteiger partial charge in [-0.05, 0) is 12.8 Å². The zero-order valence-corrected chi connectivity index (χ0v) is 10.7. The number of rotatable bonds is 2. The van der Waals surface area contributed by atoms with Gasteiger partial charge in [0.25, 0.3) is 0 Å². The van der Waals surface area contributed by atoms with Crippen LogP contribution in [0.5, 0.6) is 0 Å². The van der Waals surface area contributed by atoms with Crippen LogP contribution in [0.1, 0.15) is 12.8 Å². The molecule has 2 saturated heterocycles. The maximum atomic E-state index is 12.2. The Hall–Kier alpha value is -1.14. The normalized spacial score (nSPS) is 29.3. The van der Waals surface area contributed by atoms with Crippen LogP contribution in [0.4, 0.5) is 0 Å². The minimum absolute atomic E-state index is 0.0348. The van der Waals surface area contributed by atoms with Gasteiger partial charge in [0.05, 0.1) is 19.1 Å². The number of carbonyl (C=O) groups is 2. The molecule has 2 amide bonds. The van der Waals surface area contributed by atoms with Crippen LogP contribution >= 0.6 is 0 Å². The van der Waals surface area contributed by atoms with Crippen LogP contribution < -0.4 is 11.1 Å². The largest absolute Gasteiger partial charge is 0.379 e. The summed E-state index contributed by atoms with van der Waals surface area (Å²) in [6, 6.07) is -0.186. The van der Waals surface area contributed by atoms with E-state index in [1.165, 1.54) is 0 Å². The van der Waals surface area contributed by atoms with Gasteiger partial charge in [0.2, 0.25) is 11.8 Å². The number of ether oxygens (including phenoxy) is 1. The molecule has 0 bridgehead atoms. The van der Waals surface area contributed by atoms with Crippen molar-refractivity contribution in [2.45, 2.75) is 18.9 Å². The SMILES string of the molecule is CNC(=O)C1CCN(C(=O)C2COCC2N)CC1. The third kappa shape index (κ3) is 2.64. The minimum atomic E-state index is -0.207. The number of amides is 2. The molecule has 2 rings (SSSR count). The van der Waals surface area contributed by atoms with Gasteiger partial charge in [-0.1, -0.05) is 0 Å². The summed E-state index contributed by atoms with van der Waals surface area (Å²) in [6.07, 6.45) is 1.46.